The van der Waals surface area contributed by atoms with Crippen molar-refractivity contribution in [3.8, 4) is 35.1 Å². The van der Waals surface area contributed by atoms with E-state index >= 15 is 0 Å². The zero-order valence-corrected chi connectivity index (χ0v) is 82.8. The van der Waals surface area contributed by atoms with Gasteiger partial charge in [-0.3, -0.25) is 24.4 Å². The van der Waals surface area contributed by atoms with E-state index in [0.717, 1.165) is 68.1 Å². The van der Waals surface area contributed by atoms with Crippen molar-refractivity contribution in [2.75, 3.05) is 48.8 Å². The summed E-state index contributed by atoms with van der Waals surface area (Å²) in [6, 6.07) is 23.5. The summed E-state index contributed by atoms with van der Waals surface area (Å²) in [7, 11) is 0. The Hall–Kier alpha value is 0.553. The maximum Gasteiger partial charge on any atom is 1.00 e. The number of thiazole rings is 4. The number of carboxylic acid groups (broad SMARTS) is 3. The van der Waals surface area contributed by atoms with Crippen LogP contribution in [0.4, 0.5) is 0 Å². The molecule has 0 aliphatic carbocycles. The number of hydrogen-bond acceptors (Lipinski definition) is 28. The minimum Gasteiger partial charge on any atom is -1.00 e. The van der Waals surface area contributed by atoms with E-state index in [1.807, 2.05) is 66.7 Å². The van der Waals surface area contributed by atoms with E-state index in [-0.39, 0.29) is 159 Å². The van der Waals surface area contributed by atoms with Gasteiger partial charge in [-0.05, 0) is 91.4 Å². The molecule has 0 bridgehead atoms. The Morgan fingerprint density at radius 1 is 0.652 bits per heavy atom. The summed E-state index contributed by atoms with van der Waals surface area (Å²) in [5, 5.41) is 72.8. The molecule has 4 aromatic heterocycles. The summed E-state index contributed by atoms with van der Waals surface area (Å²) in [4.78, 5) is 76.5. The van der Waals surface area contributed by atoms with Crippen molar-refractivity contribution >= 4 is 364 Å². The predicted octanol–water partition coefficient (Wildman–Crippen LogP) is 14.4. The molecule has 0 radical (unpaired) electrons. The van der Waals surface area contributed by atoms with Crippen LogP contribution in [0.3, 0.4) is 0 Å². The second-order valence-corrected chi connectivity index (χ2v) is 47.3. The fourth-order valence-corrected chi connectivity index (χ4v) is 13.8. The number of aromatic hydroxyl groups is 1. The molecule has 7 N–H and O–H groups in total. The predicted molar refractivity (Wildman–Crippen MR) is 472 cm³/mol. The summed E-state index contributed by atoms with van der Waals surface area (Å²) in [5.41, 5.74) is 8.85. The third-order valence-corrected chi connectivity index (χ3v) is 19.6. The molecule has 612 valence electrons. The summed E-state index contributed by atoms with van der Waals surface area (Å²) in [5.74, 6) is 1.66. The van der Waals surface area contributed by atoms with Gasteiger partial charge in [0.1, 0.15) is 94.2 Å². The van der Waals surface area contributed by atoms with Crippen LogP contribution in [0, 0.1) is 22.7 Å². The minimum atomic E-state index is -3.69. The van der Waals surface area contributed by atoms with E-state index in [4.69, 9.17) is 243 Å². The molecule has 10 rings (SSSR count). The summed E-state index contributed by atoms with van der Waals surface area (Å²) < 4.78 is 16.7. The summed E-state index contributed by atoms with van der Waals surface area (Å²) in [6.45, 7) is 4.24. The number of aldehydes is 1. The number of carbonyl (C=O) groups excluding carboxylic acids is 2. The fourth-order valence-electron chi connectivity index (χ4n) is 6.37. The molecule has 1 unspecified atom stereocenters. The standard InChI is InChI=1S/C14H12Cl2N2O3S2.C14H11ClN2O3S2.C11H8Cl2N2OS.C8H4N2OS.C3H5Cl3.C3H6Cl2O.C3H7NO2S.C3H4O.CH2O3.CH4.Cl5P.2ClH.2K.H/c15-11(16)3-4-21-7-1-2-8-10(5-7)23-13(17-8)12-18-9(6-22-12)14(19)20;15-4-1-5-20-8-2-3-9-11(6-8)22-13(16-9)12-17-10(7-21-12)14(18)19;12-10(13)3-4-16-7-1-2-8-9(5-7)17-11(6-14)15-8;9-4-8-10-6-2-1-5(11)3-7(6)12-8;2*4-2-1-3(5)6;4-2(1-7)3(5)6;1-2-3-4;2-1-4-3;;1-6(2,3,4)5;;;;;/h1-2,5,9,11H,3-4,6H2,(H,19,20);1-4,6,10H,5,7H2,(H,18,19);1-2,5,10H,3-4H2;1-3,11H;3H,1-2H2;3,6H,1-2H2;2,7H,1,4H2,(H,5,6);2-3H,1H2;1,3H;1H4;;2*1H;;;/q;;;;;;;;;;;;;2*+1;-1/p-1/b;4-1+;;;;;;;;;;;;;;/t9-;10-;;;;;2-;;;;;;;;;/m11....1........./s1. The van der Waals surface area contributed by atoms with Gasteiger partial charge in [-0.15, -0.1) is 186 Å². The fraction of sp³-hybridized carbons (Fsp3) is 0.328. The van der Waals surface area contributed by atoms with Crippen molar-refractivity contribution in [3.63, 3.8) is 0 Å². The number of aliphatic imine (C=N–C) groups is 2. The van der Waals surface area contributed by atoms with Crippen LogP contribution in [0.5, 0.6) is 23.0 Å². The van der Waals surface area contributed by atoms with Gasteiger partial charge >= 0.3 is 180 Å². The Morgan fingerprint density at radius 3 is 1.27 bits per heavy atom. The third-order valence-electron chi connectivity index (χ3n) is 10.9. The molecule has 0 amide bonds. The van der Waals surface area contributed by atoms with E-state index in [1.165, 1.54) is 80.5 Å². The van der Waals surface area contributed by atoms with Gasteiger partial charge in [0.2, 0.25) is 0 Å². The number of halogens is 17. The quantitative estimate of drug-likeness (QED) is 0.00457. The molecular formula is C61H65Cl17K2N9O15PS7. The number of rotatable bonds is 23. The van der Waals surface area contributed by atoms with Gasteiger partial charge in [-0.2, -0.15) is 23.2 Å². The normalized spacial score (nSPS) is 13.4. The summed E-state index contributed by atoms with van der Waals surface area (Å²) in [6.07, 6.45) is 5.81. The average Bonchev–Trinajstić information content (AvgIpc) is 1.67. The minimum absolute atomic E-state index is 0. The van der Waals surface area contributed by atoms with Crippen molar-refractivity contribution in [1.29, 1.82) is 10.5 Å². The molecule has 112 heavy (non-hydrogen) atoms. The zero-order chi connectivity index (χ0) is 80.8. The van der Waals surface area contributed by atoms with Crippen molar-refractivity contribution in [1.82, 2.24) is 19.9 Å². The first-order valence-electron chi connectivity index (χ1n) is 28.9. The molecule has 8 aromatic rings. The molecule has 4 aromatic carbocycles. The first kappa shape index (κ1) is 121. The molecule has 2 aliphatic heterocycles. The molecule has 0 saturated heterocycles. The Morgan fingerprint density at radius 2 is 1.00 bits per heavy atom. The number of carboxylic acids is 3. The smallest absolute Gasteiger partial charge is 1.00 e. The van der Waals surface area contributed by atoms with Crippen molar-refractivity contribution in [3.05, 3.63) is 117 Å². The van der Waals surface area contributed by atoms with Crippen LogP contribution in [0.25, 0.3) is 40.9 Å². The van der Waals surface area contributed by atoms with Crippen LogP contribution < -0.4 is 128 Å². The Bertz CT molecular complexity index is 4260. The number of nitrogens with zero attached hydrogens (tertiary/aromatic N) is 8. The van der Waals surface area contributed by atoms with Crippen LogP contribution in [0.2, 0.25) is 0 Å². The Labute approximate surface area is 847 Å². The molecule has 4 atom stereocenters. The second kappa shape index (κ2) is 68.0. The number of thioether (sulfide) groups is 2. The Kier molecular flexibility index (Phi) is 73.6. The molecule has 6 heterocycles. The van der Waals surface area contributed by atoms with E-state index in [0.29, 0.717) is 95.2 Å². The van der Waals surface area contributed by atoms with Crippen molar-refractivity contribution < 1.29 is 178 Å². The number of aliphatic hydroxyl groups is 1. The van der Waals surface area contributed by atoms with Crippen LogP contribution in [0.1, 0.15) is 54.6 Å². The van der Waals surface area contributed by atoms with Gasteiger partial charge in [0.05, 0.1) is 54.1 Å². The first-order chi connectivity index (χ1) is 50.5. The van der Waals surface area contributed by atoms with Crippen molar-refractivity contribution in [2.24, 2.45) is 15.7 Å². The van der Waals surface area contributed by atoms with Crippen LogP contribution in [-0.2, 0) is 28.9 Å². The number of aromatic nitrogens is 4. The van der Waals surface area contributed by atoms with E-state index in [1.54, 1.807) is 24.3 Å². The number of aliphatic hydroxyl groups excluding tert-OH is 1. The Balaban J connectivity index is -0.000000297. The van der Waals surface area contributed by atoms with Crippen LogP contribution in [-0.4, -0.2) is 173 Å². The number of phenols is 1. The topological polar surface area (TPSA) is 396 Å². The molecule has 0 fully saturated rings. The number of phenolic OH excluding ortho intramolecular Hbond substituents is 1. The molecule has 0 saturated carbocycles. The number of nitriles is 2. The van der Waals surface area contributed by atoms with Gasteiger partial charge in [-0.1, -0.05) is 37.2 Å². The number of ether oxygens (including phenoxy) is 3. The molecule has 0 spiro atoms. The molecule has 51 heteroatoms. The van der Waals surface area contributed by atoms with Gasteiger partial charge < -0.3 is 57.0 Å². The van der Waals surface area contributed by atoms with E-state index in [9.17, 15) is 14.4 Å². The van der Waals surface area contributed by atoms with Gasteiger partial charge in [0, 0.05) is 53.8 Å². The average molecular weight is 2100 g/mol. The monoisotopic (exact) mass is 2090 g/mol. The number of alkyl halides is 9. The number of aliphatic carboxylic acids is 3. The maximum atomic E-state index is 11.0. The van der Waals surface area contributed by atoms with Crippen LogP contribution >= 0.6 is 282 Å². The molecule has 2 aliphatic rings. The van der Waals surface area contributed by atoms with Gasteiger partial charge in [0.25, 0.3) is 6.47 Å². The number of allylic oxidation sites excluding steroid dienone is 1. The van der Waals surface area contributed by atoms with Crippen molar-refractivity contribution in [2.45, 2.75) is 71.3 Å². The number of benzene rings is 4. The van der Waals surface area contributed by atoms with Gasteiger partial charge in [-0.25, -0.2) is 29.5 Å². The number of nitrogens with two attached hydrogens (primary N) is 1. The largest absolute Gasteiger partial charge is 1.00 e. The number of fused-ring (bicyclic) bond motifs is 4. The van der Waals surface area contributed by atoms with E-state index < -0.39 is 54.6 Å². The first-order valence-corrected chi connectivity index (χ1v) is 46.1. The number of thiol groups is 1. The third kappa shape index (κ3) is 56.3. The SMILES string of the molecule is C.C=CC=O.Cl.Cl.ClCCC(Cl)Cl.ClP(Cl)(Cl)(Cl)Cl.N#Cc1nc2ccc(O)cc2s1.N#Cc1nc2ccc(OCCC(Cl)Cl)cc2s1.N[C@H](CS)C(=O)O.O=C(O)[C@H]1CSC(c2nc3ccc(OC/C=C/Cl)cc3s2)=N1.O=C(O)[C@H]1CSC(c2nc3ccc(OCCC(Cl)Cl)cc3s2)=N1.O=CO[O-].OC(Cl)CCCl.[H-].[K+].[K+]. The van der Waals surface area contributed by atoms with Crippen LogP contribution in [0.15, 0.2) is 107 Å². The zero-order valence-electron chi connectivity index (χ0n) is 57.9. The van der Waals surface area contributed by atoms with Gasteiger partial charge in [0.15, 0.2) is 22.1 Å². The molecular weight excluding hydrogens is 2040 g/mol. The number of carbonyl (C=O) groups is 5. The van der Waals surface area contributed by atoms with E-state index in [2.05, 4.69) is 54.0 Å². The number of hydrogen-bond donors (Lipinski definition) is 7. The molecule has 24 nitrogen and oxygen atoms in total. The summed E-state index contributed by atoms with van der Waals surface area (Å²) >= 11 is 90.9. The maximum absolute atomic E-state index is 11.0. The second-order valence-electron chi connectivity index (χ2n) is 18.9.